The van der Waals surface area contributed by atoms with Crippen LogP contribution in [0.3, 0.4) is 0 Å². The van der Waals surface area contributed by atoms with Gasteiger partial charge in [0.1, 0.15) is 0 Å². The molecule has 0 atom stereocenters. The summed E-state index contributed by atoms with van der Waals surface area (Å²) in [7, 11) is 1.00. The molecule has 0 aliphatic heterocycles. The normalized spacial score (nSPS) is 11.5. The summed E-state index contributed by atoms with van der Waals surface area (Å²) in [5.74, 6) is -1.63. The molecule has 2 rings (SSSR count). The maximum atomic E-state index is 12.7. The third-order valence-electron chi connectivity index (χ3n) is 3.26. The van der Waals surface area contributed by atoms with Gasteiger partial charge < -0.3 is 5.32 Å². The Morgan fingerprint density at radius 1 is 1.33 bits per heavy atom. The summed E-state index contributed by atoms with van der Waals surface area (Å²) >= 11 is 1.41. The van der Waals surface area contributed by atoms with Gasteiger partial charge in [0.25, 0.3) is 5.91 Å². The summed E-state index contributed by atoms with van der Waals surface area (Å²) in [6, 6.07) is 6.95. The molecule has 1 aromatic heterocycles. The van der Waals surface area contributed by atoms with E-state index in [9.17, 15) is 22.8 Å². The minimum atomic E-state index is -4.71. The SMILES string of the molecule is CSc1ccccc1C(=O)NCCn1nc(C(F)(F)F)n(C)c1=O. The van der Waals surface area contributed by atoms with Crippen LogP contribution in [0.25, 0.3) is 0 Å². The van der Waals surface area contributed by atoms with Gasteiger partial charge in [-0.1, -0.05) is 12.1 Å². The van der Waals surface area contributed by atoms with Crippen LogP contribution in [0.2, 0.25) is 0 Å². The first-order chi connectivity index (χ1) is 11.3. The number of aromatic nitrogens is 3. The molecular weight excluding hydrogens is 345 g/mol. The van der Waals surface area contributed by atoms with E-state index in [2.05, 4.69) is 10.4 Å². The van der Waals surface area contributed by atoms with Crippen molar-refractivity contribution in [3.8, 4) is 0 Å². The Hall–Kier alpha value is -2.23. The summed E-state index contributed by atoms with van der Waals surface area (Å²) in [5, 5.41) is 5.84. The maximum Gasteiger partial charge on any atom is 0.451 e. The van der Waals surface area contributed by atoms with Crippen molar-refractivity contribution in [2.75, 3.05) is 12.8 Å². The predicted octanol–water partition coefficient (Wildman–Crippen LogP) is 1.75. The molecule has 0 aliphatic rings. The van der Waals surface area contributed by atoms with Crippen LogP contribution in [0, 0.1) is 0 Å². The van der Waals surface area contributed by atoms with Crippen molar-refractivity contribution in [3.05, 3.63) is 46.1 Å². The van der Waals surface area contributed by atoms with E-state index in [1.807, 2.05) is 6.26 Å². The second-order valence-electron chi connectivity index (χ2n) is 4.84. The number of alkyl halides is 3. The lowest BCUT2D eigenvalue weighted by molar-refractivity contribution is -0.147. The zero-order valence-corrected chi connectivity index (χ0v) is 13.7. The average Bonchev–Trinajstić information content (AvgIpc) is 2.83. The number of rotatable bonds is 5. The van der Waals surface area contributed by atoms with Gasteiger partial charge in [-0.05, 0) is 18.4 Å². The highest BCUT2D eigenvalue weighted by Gasteiger charge is 2.37. The molecule has 1 amide bonds. The van der Waals surface area contributed by atoms with Gasteiger partial charge in [0.05, 0.1) is 12.1 Å². The van der Waals surface area contributed by atoms with Gasteiger partial charge >= 0.3 is 11.9 Å². The topological polar surface area (TPSA) is 68.9 Å². The highest BCUT2D eigenvalue weighted by molar-refractivity contribution is 7.98. The molecule has 1 aromatic carbocycles. The summed E-state index contributed by atoms with van der Waals surface area (Å²) in [6.07, 6.45) is -2.88. The number of benzene rings is 1. The lowest BCUT2D eigenvalue weighted by atomic mass is 10.2. The number of carbonyl (C=O) groups excluding carboxylic acids is 1. The molecule has 6 nitrogen and oxygen atoms in total. The molecule has 0 saturated carbocycles. The van der Waals surface area contributed by atoms with E-state index in [1.165, 1.54) is 11.8 Å². The van der Waals surface area contributed by atoms with Crippen LogP contribution in [0.5, 0.6) is 0 Å². The molecule has 0 bridgehead atoms. The van der Waals surface area contributed by atoms with Crippen molar-refractivity contribution < 1.29 is 18.0 Å². The van der Waals surface area contributed by atoms with E-state index in [1.54, 1.807) is 24.3 Å². The van der Waals surface area contributed by atoms with Crippen LogP contribution in [-0.4, -0.2) is 33.1 Å². The third-order valence-corrected chi connectivity index (χ3v) is 4.05. The highest BCUT2D eigenvalue weighted by Crippen LogP contribution is 2.26. The first kappa shape index (κ1) is 18.1. The fourth-order valence-electron chi connectivity index (χ4n) is 2.08. The molecule has 0 fully saturated rings. The van der Waals surface area contributed by atoms with Crippen molar-refractivity contribution in [1.82, 2.24) is 19.7 Å². The van der Waals surface area contributed by atoms with Crippen LogP contribution in [-0.2, 0) is 19.8 Å². The van der Waals surface area contributed by atoms with E-state index in [0.29, 0.717) is 14.8 Å². The summed E-state index contributed by atoms with van der Waals surface area (Å²) < 4.78 is 39.2. The Morgan fingerprint density at radius 2 is 2.00 bits per heavy atom. The number of carbonyl (C=O) groups is 1. The number of thioether (sulfide) groups is 1. The minimum absolute atomic E-state index is 0.0181. The Labute approximate surface area is 139 Å². The number of hydrogen-bond donors (Lipinski definition) is 1. The van der Waals surface area contributed by atoms with Gasteiger partial charge in [0, 0.05) is 18.5 Å². The van der Waals surface area contributed by atoms with E-state index in [-0.39, 0.29) is 19.0 Å². The van der Waals surface area contributed by atoms with Gasteiger partial charge in [-0.3, -0.25) is 9.36 Å². The second kappa shape index (κ2) is 7.12. The van der Waals surface area contributed by atoms with Crippen molar-refractivity contribution in [3.63, 3.8) is 0 Å². The highest BCUT2D eigenvalue weighted by atomic mass is 32.2. The molecule has 0 saturated heterocycles. The second-order valence-corrected chi connectivity index (χ2v) is 5.69. The van der Waals surface area contributed by atoms with Gasteiger partial charge in [-0.25, -0.2) is 9.48 Å². The summed E-state index contributed by atoms with van der Waals surface area (Å²) in [5.41, 5.74) is -0.421. The summed E-state index contributed by atoms with van der Waals surface area (Å²) in [6.45, 7) is -0.175. The molecule has 0 aliphatic carbocycles. The van der Waals surface area contributed by atoms with Crippen LogP contribution in [0.4, 0.5) is 13.2 Å². The average molecular weight is 360 g/mol. The van der Waals surface area contributed by atoms with E-state index >= 15 is 0 Å². The quantitative estimate of drug-likeness (QED) is 0.825. The van der Waals surface area contributed by atoms with Crippen molar-refractivity contribution >= 4 is 17.7 Å². The first-order valence-corrected chi connectivity index (χ1v) is 8.10. The molecule has 0 unspecified atom stereocenters. The Morgan fingerprint density at radius 3 is 2.58 bits per heavy atom. The van der Waals surface area contributed by atoms with Crippen molar-refractivity contribution in [2.45, 2.75) is 17.6 Å². The predicted molar refractivity (Wildman–Crippen MR) is 83.0 cm³/mol. The lowest BCUT2D eigenvalue weighted by Crippen LogP contribution is -2.32. The van der Waals surface area contributed by atoms with Gasteiger partial charge in [-0.2, -0.15) is 13.2 Å². The third kappa shape index (κ3) is 3.81. The zero-order chi connectivity index (χ0) is 17.9. The molecule has 0 radical (unpaired) electrons. The molecule has 0 spiro atoms. The van der Waals surface area contributed by atoms with Gasteiger partial charge in [-0.15, -0.1) is 16.9 Å². The molecule has 24 heavy (non-hydrogen) atoms. The number of nitrogens with one attached hydrogen (secondary N) is 1. The van der Waals surface area contributed by atoms with E-state index < -0.39 is 17.7 Å². The number of nitrogens with zero attached hydrogens (tertiary/aromatic N) is 3. The van der Waals surface area contributed by atoms with Crippen LogP contribution >= 0.6 is 11.8 Å². The van der Waals surface area contributed by atoms with Gasteiger partial charge in [0.2, 0.25) is 5.82 Å². The van der Waals surface area contributed by atoms with Crippen LogP contribution < -0.4 is 11.0 Å². The molecule has 130 valence electrons. The number of amides is 1. The van der Waals surface area contributed by atoms with E-state index in [0.717, 1.165) is 11.9 Å². The van der Waals surface area contributed by atoms with Crippen molar-refractivity contribution in [2.24, 2.45) is 7.05 Å². The first-order valence-electron chi connectivity index (χ1n) is 6.88. The molecule has 2 aromatic rings. The molecular formula is C14H15F3N4O2S. The standard InChI is InChI=1S/C14H15F3N4O2S/c1-20-12(14(15,16)17)19-21(13(20)23)8-7-18-11(22)9-5-3-4-6-10(9)24-2/h3-6H,7-8H2,1-2H3,(H,18,22). The Kier molecular flexibility index (Phi) is 5.37. The minimum Gasteiger partial charge on any atom is -0.350 e. The van der Waals surface area contributed by atoms with Crippen LogP contribution in [0.15, 0.2) is 34.0 Å². The van der Waals surface area contributed by atoms with Gasteiger partial charge in [0.15, 0.2) is 0 Å². The number of hydrogen-bond acceptors (Lipinski definition) is 4. The molecule has 10 heteroatoms. The molecule has 1 heterocycles. The largest absolute Gasteiger partial charge is 0.451 e. The molecule has 1 N–H and O–H groups in total. The number of halogens is 3. The van der Waals surface area contributed by atoms with Crippen molar-refractivity contribution in [1.29, 1.82) is 0 Å². The maximum absolute atomic E-state index is 12.7. The lowest BCUT2D eigenvalue weighted by Gasteiger charge is -2.08. The van der Waals surface area contributed by atoms with E-state index in [4.69, 9.17) is 0 Å². The van der Waals surface area contributed by atoms with Crippen LogP contribution in [0.1, 0.15) is 16.2 Å². The Balaban J connectivity index is 2.05. The fourth-order valence-corrected chi connectivity index (χ4v) is 2.68. The Bertz CT molecular complexity index is 798. The fraction of sp³-hybridized carbons (Fsp3) is 0.357. The zero-order valence-electron chi connectivity index (χ0n) is 12.9. The smallest absolute Gasteiger partial charge is 0.350 e. The monoisotopic (exact) mass is 360 g/mol. The summed E-state index contributed by atoms with van der Waals surface area (Å²) in [4.78, 5) is 24.6.